The molecule has 2 heteroatoms. The monoisotopic (exact) mass is 129 g/mol. The first-order valence-electron chi connectivity index (χ1n) is 3.74. The lowest BCUT2D eigenvalue weighted by Gasteiger charge is -2.22. The van der Waals surface area contributed by atoms with Crippen LogP contribution in [0.3, 0.4) is 0 Å². The first kappa shape index (κ1) is 7.03. The average molecular weight is 129 g/mol. The van der Waals surface area contributed by atoms with Gasteiger partial charge in [-0.2, -0.15) is 0 Å². The molecule has 0 aromatic carbocycles. The zero-order valence-electron chi connectivity index (χ0n) is 6.02. The van der Waals surface area contributed by atoms with Crippen LogP contribution in [0.2, 0.25) is 0 Å². The molecule has 1 heterocycles. The van der Waals surface area contributed by atoms with E-state index in [0.29, 0.717) is 6.04 Å². The van der Waals surface area contributed by atoms with E-state index in [1.54, 1.807) is 0 Å². The Kier molecular flexibility index (Phi) is 3.01. The molecule has 1 aliphatic heterocycles. The minimum absolute atomic E-state index is 0.628. The largest absolute Gasteiger partial charge is 0.380 e. The van der Waals surface area contributed by atoms with Gasteiger partial charge >= 0.3 is 0 Å². The van der Waals surface area contributed by atoms with Gasteiger partial charge in [0.05, 0.1) is 6.61 Å². The summed E-state index contributed by atoms with van der Waals surface area (Å²) in [6.07, 6.45) is 2.51. The fourth-order valence-electron chi connectivity index (χ4n) is 1.19. The van der Waals surface area contributed by atoms with Crippen LogP contribution < -0.4 is 5.32 Å². The Bertz CT molecular complexity index is 66.6. The van der Waals surface area contributed by atoms with E-state index in [9.17, 15) is 0 Å². The molecule has 0 unspecified atom stereocenters. The molecule has 1 fully saturated rings. The van der Waals surface area contributed by atoms with Crippen LogP contribution in [-0.2, 0) is 4.74 Å². The summed E-state index contributed by atoms with van der Waals surface area (Å²) in [7, 11) is 0. The molecule has 1 saturated heterocycles. The Morgan fingerprint density at radius 1 is 1.67 bits per heavy atom. The molecule has 1 atom stereocenters. The fraction of sp³-hybridized carbons (Fsp3) is 1.00. The molecule has 0 aromatic heterocycles. The van der Waals surface area contributed by atoms with Gasteiger partial charge in [0, 0.05) is 12.6 Å². The molecule has 1 rings (SSSR count). The third-order valence-corrected chi connectivity index (χ3v) is 1.65. The second kappa shape index (κ2) is 3.85. The molecule has 9 heavy (non-hydrogen) atoms. The van der Waals surface area contributed by atoms with Gasteiger partial charge in [-0.05, 0) is 19.4 Å². The molecule has 1 aliphatic rings. The predicted octanol–water partition coefficient (Wildman–Crippen LogP) is 0.775. The Morgan fingerprint density at radius 3 is 3.11 bits per heavy atom. The highest BCUT2D eigenvalue weighted by Gasteiger charge is 2.10. The summed E-state index contributed by atoms with van der Waals surface area (Å²) in [5, 5.41) is 3.36. The van der Waals surface area contributed by atoms with E-state index in [0.717, 1.165) is 19.8 Å². The minimum Gasteiger partial charge on any atom is -0.380 e. The Hall–Kier alpha value is -0.0800. The van der Waals surface area contributed by atoms with Gasteiger partial charge in [0.1, 0.15) is 0 Å². The second-order valence-electron chi connectivity index (χ2n) is 2.47. The van der Waals surface area contributed by atoms with Crippen molar-refractivity contribution in [3.8, 4) is 0 Å². The molecular weight excluding hydrogens is 114 g/mol. The fourth-order valence-corrected chi connectivity index (χ4v) is 1.19. The summed E-state index contributed by atoms with van der Waals surface area (Å²) < 4.78 is 5.27. The van der Waals surface area contributed by atoms with E-state index in [1.165, 1.54) is 12.8 Å². The maximum Gasteiger partial charge on any atom is 0.0619 e. The summed E-state index contributed by atoms with van der Waals surface area (Å²) in [6.45, 7) is 5.07. The van der Waals surface area contributed by atoms with Crippen LogP contribution in [-0.4, -0.2) is 25.8 Å². The molecule has 0 aliphatic carbocycles. The molecule has 0 amide bonds. The summed E-state index contributed by atoms with van der Waals surface area (Å²) in [6, 6.07) is 0.628. The molecule has 0 bridgehead atoms. The quantitative estimate of drug-likeness (QED) is 0.594. The first-order chi connectivity index (χ1) is 4.43. The van der Waals surface area contributed by atoms with Gasteiger partial charge in [0.15, 0.2) is 0 Å². The van der Waals surface area contributed by atoms with E-state index in [1.807, 2.05) is 0 Å². The molecule has 0 saturated carbocycles. The van der Waals surface area contributed by atoms with Gasteiger partial charge in [-0.1, -0.05) is 6.92 Å². The van der Waals surface area contributed by atoms with E-state index < -0.39 is 0 Å². The molecular formula is C7H15NO. The van der Waals surface area contributed by atoms with Gasteiger partial charge in [0.25, 0.3) is 0 Å². The number of hydrogen-bond donors (Lipinski definition) is 1. The summed E-state index contributed by atoms with van der Waals surface area (Å²) in [5.41, 5.74) is 0. The Balaban J connectivity index is 2.08. The molecule has 2 nitrogen and oxygen atoms in total. The first-order valence-corrected chi connectivity index (χ1v) is 3.74. The number of rotatable bonds is 2. The van der Waals surface area contributed by atoms with Crippen LogP contribution in [0.5, 0.6) is 0 Å². The molecule has 1 N–H and O–H groups in total. The smallest absolute Gasteiger partial charge is 0.0619 e. The summed E-state index contributed by atoms with van der Waals surface area (Å²) >= 11 is 0. The van der Waals surface area contributed by atoms with Crippen molar-refractivity contribution in [2.45, 2.75) is 25.8 Å². The standard InChI is InChI=1S/C7H15NO/c1-2-8-7-4-3-5-9-6-7/h7-8H,2-6H2,1H3/t7-/m0/s1. The molecule has 0 spiro atoms. The third-order valence-electron chi connectivity index (χ3n) is 1.65. The number of nitrogens with one attached hydrogen (secondary N) is 1. The Labute approximate surface area is 56.6 Å². The van der Waals surface area contributed by atoms with Crippen LogP contribution >= 0.6 is 0 Å². The molecule has 54 valence electrons. The van der Waals surface area contributed by atoms with E-state index >= 15 is 0 Å². The van der Waals surface area contributed by atoms with Crippen LogP contribution in [0.15, 0.2) is 0 Å². The van der Waals surface area contributed by atoms with Crippen molar-refractivity contribution in [1.29, 1.82) is 0 Å². The van der Waals surface area contributed by atoms with Crippen molar-refractivity contribution in [2.24, 2.45) is 0 Å². The van der Waals surface area contributed by atoms with Crippen LogP contribution in [0.4, 0.5) is 0 Å². The number of likely N-dealkylation sites (N-methyl/N-ethyl adjacent to an activating group) is 1. The lowest BCUT2D eigenvalue weighted by molar-refractivity contribution is 0.0711. The highest BCUT2D eigenvalue weighted by molar-refractivity contribution is 4.68. The van der Waals surface area contributed by atoms with Crippen molar-refractivity contribution in [3.05, 3.63) is 0 Å². The van der Waals surface area contributed by atoms with Crippen molar-refractivity contribution >= 4 is 0 Å². The van der Waals surface area contributed by atoms with E-state index in [4.69, 9.17) is 4.74 Å². The van der Waals surface area contributed by atoms with Gasteiger partial charge in [-0.3, -0.25) is 0 Å². The van der Waals surface area contributed by atoms with Crippen molar-refractivity contribution in [1.82, 2.24) is 5.32 Å². The van der Waals surface area contributed by atoms with Crippen LogP contribution in [0.1, 0.15) is 19.8 Å². The van der Waals surface area contributed by atoms with E-state index in [2.05, 4.69) is 12.2 Å². The Morgan fingerprint density at radius 2 is 2.56 bits per heavy atom. The average Bonchev–Trinajstić information content (AvgIpc) is 1.91. The zero-order valence-corrected chi connectivity index (χ0v) is 6.02. The number of hydrogen-bond acceptors (Lipinski definition) is 2. The van der Waals surface area contributed by atoms with Crippen molar-refractivity contribution in [3.63, 3.8) is 0 Å². The van der Waals surface area contributed by atoms with E-state index in [-0.39, 0.29) is 0 Å². The predicted molar refractivity (Wildman–Crippen MR) is 37.5 cm³/mol. The van der Waals surface area contributed by atoms with Gasteiger partial charge < -0.3 is 10.1 Å². The topological polar surface area (TPSA) is 21.3 Å². The van der Waals surface area contributed by atoms with Gasteiger partial charge in [-0.25, -0.2) is 0 Å². The third kappa shape index (κ3) is 2.33. The normalized spacial score (nSPS) is 28.3. The van der Waals surface area contributed by atoms with Crippen molar-refractivity contribution < 1.29 is 4.74 Å². The van der Waals surface area contributed by atoms with Crippen LogP contribution in [0, 0.1) is 0 Å². The van der Waals surface area contributed by atoms with Gasteiger partial charge in [0.2, 0.25) is 0 Å². The lowest BCUT2D eigenvalue weighted by Crippen LogP contribution is -2.36. The van der Waals surface area contributed by atoms with Gasteiger partial charge in [-0.15, -0.1) is 0 Å². The van der Waals surface area contributed by atoms with Crippen LogP contribution in [0.25, 0.3) is 0 Å². The maximum absolute atomic E-state index is 5.27. The highest BCUT2D eigenvalue weighted by atomic mass is 16.5. The second-order valence-corrected chi connectivity index (χ2v) is 2.47. The lowest BCUT2D eigenvalue weighted by atomic mass is 10.1. The summed E-state index contributed by atoms with van der Waals surface area (Å²) in [5.74, 6) is 0. The zero-order chi connectivity index (χ0) is 6.53. The van der Waals surface area contributed by atoms with Crippen molar-refractivity contribution in [2.75, 3.05) is 19.8 Å². The highest BCUT2D eigenvalue weighted by Crippen LogP contribution is 2.04. The maximum atomic E-state index is 5.27. The SMILES string of the molecule is CCN[C@H]1CCCOC1. The molecule has 0 radical (unpaired) electrons. The summed E-state index contributed by atoms with van der Waals surface area (Å²) in [4.78, 5) is 0. The minimum atomic E-state index is 0.628. The molecule has 0 aromatic rings. The number of ether oxygens (including phenoxy) is 1.